The Hall–Kier alpha value is -3.92. The number of aromatic nitrogens is 2. The summed E-state index contributed by atoms with van der Waals surface area (Å²) in [5.74, 6) is 0.259. The lowest BCUT2D eigenvalue weighted by Gasteiger charge is -2.08. The molecule has 0 spiro atoms. The van der Waals surface area contributed by atoms with Gasteiger partial charge in [0, 0.05) is 23.5 Å². The number of carbonyl (C=O) groups excluding carboxylic acids is 1. The molecule has 1 N–H and O–H groups in total. The largest absolute Gasteiger partial charge is 0.465 e. The number of nitriles is 1. The molecule has 0 amide bonds. The number of methoxy groups -OCH3 is 1. The SMILES string of the molecule is COC(=O)c1ccnc(Oc2ccc(-c3cc(C)[nH]c(=O)c3C#N)cc2)c1. The number of nitrogens with one attached hydrogen (secondary N) is 1. The van der Waals surface area contributed by atoms with Crippen molar-refractivity contribution in [3.63, 3.8) is 0 Å². The summed E-state index contributed by atoms with van der Waals surface area (Å²) in [5.41, 5.74) is 1.90. The minimum Gasteiger partial charge on any atom is -0.465 e. The van der Waals surface area contributed by atoms with Gasteiger partial charge >= 0.3 is 5.97 Å². The van der Waals surface area contributed by atoms with Gasteiger partial charge in [0.1, 0.15) is 17.4 Å². The van der Waals surface area contributed by atoms with Crippen molar-refractivity contribution in [2.75, 3.05) is 7.11 Å². The second kappa shape index (κ2) is 7.54. The van der Waals surface area contributed by atoms with Crippen LogP contribution in [0.4, 0.5) is 0 Å². The molecule has 2 aromatic heterocycles. The van der Waals surface area contributed by atoms with Crippen molar-refractivity contribution in [3.8, 4) is 28.8 Å². The summed E-state index contributed by atoms with van der Waals surface area (Å²) in [5, 5.41) is 9.25. The number of benzene rings is 1. The lowest BCUT2D eigenvalue weighted by molar-refractivity contribution is 0.0600. The molecule has 0 aliphatic heterocycles. The molecule has 2 heterocycles. The van der Waals surface area contributed by atoms with Crippen LogP contribution in [-0.2, 0) is 4.74 Å². The lowest BCUT2D eigenvalue weighted by atomic mass is 10.0. The van der Waals surface area contributed by atoms with Crippen molar-refractivity contribution in [2.24, 2.45) is 0 Å². The van der Waals surface area contributed by atoms with Crippen LogP contribution in [0.15, 0.2) is 53.5 Å². The molecule has 0 unspecified atom stereocenters. The summed E-state index contributed by atoms with van der Waals surface area (Å²) in [6.07, 6.45) is 1.45. The summed E-state index contributed by atoms with van der Waals surface area (Å²) < 4.78 is 10.3. The molecular weight excluding hydrogens is 346 g/mol. The van der Waals surface area contributed by atoms with Gasteiger partial charge < -0.3 is 14.5 Å². The molecule has 3 aromatic rings. The molecule has 134 valence electrons. The molecule has 0 fully saturated rings. The van der Waals surface area contributed by atoms with E-state index >= 15 is 0 Å². The Morgan fingerprint density at radius 1 is 1.19 bits per heavy atom. The van der Waals surface area contributed by atoms with Crippen LogP contribution in [0, 0.1) is 18.3 Å². The van der Waals surface area contributed by atoms with E-state index in [9.17, 15) is 14.9 Å². The maximum atomic E-state index is 11.9. The van der Waals surface area contributed by atoms with E-state index in [1.807, 2.05) is 6.07 Å². The van der Waals surface area contributed by atoms with Gasteiger partial charge in [-0.25, -0.2) is 9.78 Å². The number of nitrogens with zero attached hydrogens (tertiary/aromatic N) is 2. The van der Waals surface area contributed by atoms with E-state index in [1.165, 1.54) is 25.4 Å². The van der Waals surface area contributed by atoms with Crippen molar-refractivity contribution in [3.05, 3.63) is 75.8 Å². The molecule has 0 bridgehead atoms. The van der Waals surface area contributed by atoms with E-state index < -0.39 is 11.5 Å². The minimum atomic E-state index is -0.480. The fourth-order valence-electron chi connectivity index (χ4n) is 2.56. The fraction of sp³-hybridized carbons (Fsp3) is 0.100. The first-order chi connectivity index (χ1) is 13.0. The molecular formula is C20H15N3O4. The summed E-state index contributed by atoms with van der Waals surface area (Å²) in [7, 11) is 1.30. The topological polar surface area (TPSA) is 105 Å². The first kappa shape index (κ1) is 17.9. The molecule has 0 aliphatic rings. The number of rotatable bonds is 4. The molecule has 0 radical (unpaired) electrons. The second-order valence-corrected chi connectivity index (χ2v) is 5.68. The lowest BCUT2D eigenvalue weighted by Crippen LogP contribution is -2.12. The number of ether oxygens (including phenoxy) is 2. The Morgan fingerprint density at radius 3 is 2.59 bits per heavy atom. The molecule has 0 aliphatic carbocycles. The molecule has 7 nitrogen and oxygen atoms in total. The molecule has 0 atom stereocenters. The van der Waals surface area contributed by atoms with Crippen molar-refractivity contribution in [2.45, 2.75) is 6.92 Å². The Bertz CT molecular complexity index is 1100. The van der Waals surface area contributed by atoms with Crippen LogP contribution in [0.3, 0.4) is 0 Å². The number of pyridine rings is 2. The fourth-order valence-corrected chi connectivity index (χ4v) is 2.56. The smallest absolute Gasteiger partial charge is 0.338 e. The summed E-state index contributed by atoms with van der Waals surface area (Å²) in [6, 6.07) is 13.6. The highest BCUT2D eigenvalue weighted by Crippen LogP contribution is 2.26. The number of hydrogen-bond acceptors (Lipinski definition) is 6. The molecule has 27 heavy (non-hydrogen) atoms. The van der Waals surface area contributed by atoms with Gasteiger partial charge in [0.15, 0.2) is 0 Å². The Labute approximate surface area is 154 Å². The van der Waals surface area contributed by atoms with Gasteiger partial charge in [-0.3, -0.25) is 4.79 Å². The maximum Gasteiger partial charge on any atom is 0.338 e. The maximum absolute atomic E-state index is 11.9. The standard InChI is InChI=1S/C20H15N3O4/c1-12-9-16(17(11-21)19(24)23-12)13-3-5-15(6-4-13)27-18-10-14(7-8-22-18)20(25)26-2/h3-10H,1-2H3,(H,23,24). The number of esters is 1. The van der Waals surface area contributed by atoms with E-state index in [2.05, 4.69) is 14.7 Å². The van der Waals surface area contributed by atoms with Crippen LogP contribution >= 0.6 is 0 Å². The highest BCUT2D eigenvalue weighted by molar-refractivity contribution is 5.89. The zero-order valence-corrected chi connectivity index (χ0v) is 14.6. The van der Waals surface area contributed by atoms with Gasteiger partial charge in [-0.1, -0.05) is 12.1 Å². The molecule has 1 aromatic carbocycles. The molecule has 0 saturated carbocycles. The van der Waals surface area contributed by atoms with Crippen LogP contribution in [0.5, 0.6) is 11.6 Å². The highest BCUT2D eigenvalue weighted by atomic mass is 16.5. The quantitative estimate of drug-likeness (QED) is 0.716. The predicted octanol–water partition coefficient (Wildman–Crippen LogP) is 3.20. The minimum absolute atomic E-state index is 0.0571. The number of aromatic amines is 1. The summed E-state index contributed by atoms with van der Waals surface area (Å²) in [4.78, 5) is 30.2. The van der Waals surface area contributed by atoms with Gasteiger partial charge in [0.2, 0.25) is 5.88 Å². The monoisotopic (exact) mass is 361 g/mol. The Balaban J connectivity index is 1.88. The average molecular weight is 361 g/mol. The van der Waals surface area contributed by atoms with Crippen molar-refractivity contribution < 1.29 is 14.3 Å². The zero-order valence-electron chi connectivity index (χ0n) is 14.6. The summed E-state index contributed by atoms with van der Waals surface area (Å²) >= 11 is 0. The normalized spacial score (nSPS) is 10.1. The van der Waals surface area contributed by atoms with E-state index in [0.717, 1.165) is 0 Å². The predicted molar refractivity (Wildman–Crippen MR) is 97.6 cm³/mol. The van der Waals surface area contributed by atoms with Crippen molar-refractivity contribution in [1.82, 2.24) is 9.97 Å². The van der Waals surface area contributed by atoms with E-state index in [0.29, 0.717) is 28.1 Å². The van der Waals surface area contributed by atoms with Crippen molar-refractivity contribution in [1.29, 1.82) is 5.26 Å². The first-order valence-electron chi connectivity index (χ1n) is 7.98. The number of carbonyl (C=O) groups is 1. The molecule has 7 heteroatoms. The average Bonchev–Trinajstić information content (AvgIpc) is 2.67. The zero-order chi connectivity index (χ0) is 19.4. The second-order valence-electron chi connectivity index (χ2n) is 5.68. The van der Waals surface area contributed by atoms with E-state index in [-0.39, 0.29) is 11.4 Å². The number of H-pyrrole nitrogens is 1. The number of aryl methyl sites for hydroxylation is 1. The third-order valence-corrected chi connectivity index (χ3v) is 3.82. The van der Waals surface area contributed by atoms with Gasteiger partial charge in [0.25, 0.3) is 5.56 Å². The van der Waals surface area contributed by atoms with Gasteiger partial charge in [-0.05, 0) is 36.8 Å². The molecule has 3 rings (SSSR count). The van der Waals surface area contributed by atoms with Gasteiger partial charge in [-0.2, -0.15) is 5.26 Å². The summed E-state index contributed by atoms with van der Waals surface area (Å²) in [6.45, 7) is 1.75. The van der Waals surface area contributed by atoms with Crippen LogP contribution in [0.1, 0.15) is 21.6 Å². The van der Waals surface area contributed by atoms with Crippen LogP contribution in [-0.4, -0.2) is 23.0 Å². The van der Waals surface area contributed by atoms with Crippen LogP contribution in [0.2, 0.25) is 0 Å². The Morgan fingerprint density at radius 2 is 1.93 bits per heavy atom. The van der Waals surface area contributed by atoms with Crippen LogP contribution in [0.25, 0.3) is 11.1 Å². The third-order valence-electron chi connectivity index (χ3n) is 3.82. The first-order valence-corrected chi connectivity index (χ1v) is 7.98. The van der Waals surface area contributed by atoms with Gasteiger partial charge in [0.05, 0.1) is 12.7 Å². The van der Waals surface area contributed by atoms with Crippen molar-refractivity contribution >= 4 is 5.97 Å². The molecule has 0 saturated heterocycles. The van der Waals surface area contributed by atoms with E-state index in [1.54, 1.807) is 37.3 Å². The Kier molecular flexibility index (Phi) is 4.99. The third kappa shape index (κ3) is 3.85. The van der Waals surface area contributed by atoms with Crippen LogP contribution < -0.4 is 10.3 Å². The van der Waals surface area contributed by atoms with Gasteiger partial charge in [-0.15, -0.1) is 0 Å². The highest BCUT2D eigenvalue weighted by Gasteiger charge is 2.11. The number of hydrogen-bond donors (Lipinski definition) is 1. The van der Waals surface area contributed by atoms with E-state index in [4.69, 9.17) is 4.74 Å².